The summed E-state index contributed by atoms with van der Waals surface area (Å²) in [5, 5.41) is 0.476. The van der Waals surface area contributed by atoms with Gasteiger partial charge in [0.25, 0.3) is 0 Å². The lowest BCUT2D eigenvalue weighted by Crippen LogP contribution is -2.11. The quantitative estimate of drug-likeness (QED) is 0.493. The van der Waals surface area contributed by atoms with Crippen molar-refractivity contribution in [3.8, 4) is 0 Å². The predicted octanol–water partition coefficient (Wildman–Crippen LogP) is 5.62. The average molecular weight is 388 g/mol. The normalized spacial score (nSPS) is 13.1. The zero-order valence-electron chi connectivity index (χ0n) is 14.9. The molecule has 0 aliphatic carbocycles. The van der Waals surface area contributed by atoms with E-state index >= 15 is 0 Å². The van der Waals surface area contributed by atoms with Crippen molar-refractivity contribution >= 4 is 29.2 Å². The van der Waals surface area contributed by atoms with E-state index in [4.69, 9.17) is 21.1 Å². The standard InChI is InChI=1S/C21H19ClFNO3/c1-2-3-12-26-21(25)27-19-10-11-24-20(16-6-4-5-7-18(16)23)17-13-14(22)8-9-15(17)19/h4-10,13H,2-3,11-12H2,1H3. The van der Waals surface area contributed by atoms with Gasteiger partial charge >= 0.3 is 6.16 Å². The molecule has 0 atom stereocenters. The largest absolute Gasteiger partial charge is 0.513 e. The first-order valence-electron chi connectivity index (χ1n) is 8.74. The Morgan fingerprint density at radius 3 is 2.78 bits per heavy atom. The van der Waals surface area contributed by atoms with Gasteiger partial charge in [-0.15, -0.1) is 0 Å². The van der Waals surface area contributed by atoms with Crippen LogP contribution in [-0.2, 0) is 9.47 Å². The molecule has 0 spiro atoms. The summed E-state index contributed by atoms with van der Waals surface area (Å²) in [6, 6.07) is 11.5. The van der Waals surface area contributed by atoms with Gasteiger partial charge in [0.2, 0.25) is 0 Å². The number of rotatable bonds is 5. The van der Waals surface area contributed by atoms with Crippen LogP contribution in [0.15, 0.2) is 53.5 Å². The van der Waals surface area contributed by atoms with Crippen molar-refractivity contribution in [3.05, 3.63) is 76.1 Å². The van der Waals surface area contributed by atoms with E-state index in [2.05, 4.69) is 4.99 Å². The third-order valence-electron chi connectivity index (χ3n) is 4.07. The van der Waals surface area contributed by atoms with Gasteiger partial charge in [-0.2, -0.15) is 0 Å². The summed E-state index contributed by atoms with van der Waals surface area (Å²) in [6.45, 7) is 2.53. The number of carbonyl (C=O) groups excluding carboxylic acids is 1. The van der Waals surface area contributed by atoms with E-state index < -0.39 is 6.16 Å². The maximum Gasteiger partial charge on any atom is 0.513 e. The van der Waals surface area contributed by atoms with Crippen LogP contribution < -0.4 is 0 Å². The second-order valence-electron chi connectivity index (χ2n) is 5.98. The van der Waals surface area contributed by atoms with Crippen LogP contribution in [0.25, 0.3) is 5.76 Å². The van der Waals surface area contributed by atoms with E-state index in [1.165, 1.54) is 6.07 Å². The molecule has 0 N–H and O–H groups in total. The van der Waals surface area contributed by atoms with Crippen LogP contribution in [-0.4, -0.2) is 25.0 Å². The lowest BCUT2D eigenvalue weighted by molar-refractivity contribution is 0.0892. The first-order valence-corrected chi connectivity index (χ1v) is 9.12. The number of hydrogen-bond acceptors (Lipinski definition) is 4. The third kappa shape index (κ3) is 4.55. The Morgan fingerprint density at radius 1 is 1.19 bits per heavy atom. The van der Waals surface area contributed by atoms with Crippen molar-refractivity contribution in [3.63, 3.8) is 0 Å². The molecule has 0 fully saturated rings. The number of fused-ring (bicyclic) bond motifs is 1. The van der Waals surface area contributed by atoms with Crippen LogP contribution >= 0.6 is 11.6 Å². The minimum atomic E-state index is -0.773. The second kappa shape index (κ2) is 8.82. The highest BCUT2D eigenvalue weighted by Crippen LogP contribution is 2.29. The maximum absolute atomic E-state index is 14.3. The average Bonchev–Trinajstić information content (AvgIpc) is 2.82. The molecule has 2 aromatic carbocycles. The molecular weight excluding hydrogens is 369 g/mol. The first-order chi connectivity index (χ1) is 13.1. The molecule has 1 aliphatic heterocycles. The highest BCUT2D eigenvalue weighted by atomic mass is 35.5. The Hall–Kier alpha value is -2.66. The Morgan fingerprint density at radius 2 is 2.00 bits per heavy atom. The molecule has 27 heavy (non-hydrogen) atoms. The SMILES string of the molecule is CCCCOC(=O)OC1=CCN=C(c2ccccc2F)c2cc(Cl)ccc21. The van der Waals surface area contributed by atoms with Gasteiger partial charge in [0.1, 0.15) is 11.6 Å². The second-order valence-corrected chi connectivity index (χ2v) is 6.42. The number of unbranched alkanes of at least 4 members (excludes halogenated alkanes) is 1. The molecule has 1 heterocycles. The maximum atomic E-state index is 14.3. The topological polar surface area (TPSA) is 47.9 Å². The minimum Gasteiger partial charge on any atom is -0.434 e. The molecule has 0 aromatic heterocycles. The van der Waals surface area contributed by atoms with Crippen molar-refractivity contribution in [1.82, 2.24) is 0 Å². The van der Waals surface area contributed by atoms with Crippen LogP contribution in [0.1, 0.15) is 36.5 Å². The Labute approximate surface area is 162 Å². The number of aliphatic imine (C=N–C) groups is 1. The summed E-state index contributed by atoms with van der Waals surface area (Å²) < 4.78 is 24.8. The molecule has 0 bridgehead atoms. The zero-order chi connectivity index (χ0) is 19.2. The number of hydrogen-bond donors (Lipinski definition) is 0. The summed E-state index contributed by atoms with van der Waals surface area (Å²) in [7, 11) is 0. The Kier molecular flexibility index (Phi) is 6.24. The fraction of sp³-hybridized carbons (Fsp3) is 0.238. The summed E-state index contributed by atoms with van der Waals surface area (Å²) in [5.41, 5.74) is 2.02. The molecule has 0 saturated carbocycles. The molecule has 0 saturated heterocycles. The van der Waals surface area contributed by atoms with Gasteiger partial charge in [-0.3, -0.25) is 4.99 Å². The van der Waals surface area contributed by atoms with Crippen molar-refractivity contribution < 1.29 is 18.7 Å². The summed E-state index contributed by atoms with van der Waals surface area (Å²) in [5.74, 6) is -0.0660. The predicted molar refractivity (Wildman–Crippen MR) is 104 cm³/mol. The Bertz CT molecular complexity index is 908. The molecular formula is C21H19ClFNO3. The minimum absolute atomic E-state index is 0.230. The van der Waals surface area contributed by atoms with E-state index in [1.54, 1.807) is 42.5 Å². The van der Waals surface area contributed by atoms with E-state index in [1.807, 2.05) is 6.92 Å². The molecule has 140 valence electrons. The number of ether oxygens (including phenoxy) is 2. The Balaban J connectivity index is 1.94. The highest BCUT2D eigenvalue weighted by molar-refractivity contribution is 6.31. The number of carbonyl (C=O) groups is 1. The number of halogens is 2. The highest BCUT2D eigenvalue weighted by Gasteiger charge is 2.22. The van der Waals surface area contributed by atoms with E-state index in [9.17, 15) is 9.18 Å². The zero-order valence-corrected chi connectivity index (χ0v) is 15.6. The van der Waals surface area contributed by atoms with Gasteiger partial charge in [-0.1, -0.05) is 37.1 Å². The fourth-order valence-electron chi connectivity index (χ4n) is 2.74. The lowest BCUT2D eigenvalue weighted by atomic mass is 9.96. The summed E-state index contributed by atoms with van der Waals surface area (Å²) >= 11 is 6.16. The number of benzene rings is 2. The van der Waals surface area contributed by atoms with Crippen LogP contribution in [0.2, 0.25) is 5.02 Å². The van der Waals surface area contributed by atoms with Crippen molar-refractivity contribution in [1.29, 1.82) is 0 Å². The number of nitrogens with zero attached hydrogens (tertiary/aromatic N) is 1. The fourth-order valence-corrected chi connectivity index (χ4v) is 2.91. The summed E-state index contributed by atoms with van der Waals surface area (Å²) in [6.07, 6.45) is 2.57. The van der Waals surface area contributed by atoms with E-state index in [0.717, 1.165) is 12.8 Å². The molecule has 0 radical (unpaired) electrons. The van der Waals surface area contributed by atoms with Crippen molar-refractivity contribution in [2.24, 2.45) is 4.99 Å². The van der Waals surface area contributed by atoms with Crippen molar-refractivity contribution in [2.75, 3.05) is 13.2 Å². The van der Waals surface area contributed by atoms with Crippen LogP contribution in [0.3, 0.4) is 0 Å². The molecule has 0 unspecified atom stereocenters. The first kappa shape index (κ1) is 19.1. The molecule has 3 rings (SSSR count). The van der Waals surface area contributed by atoms with Gasteiger partial charge in [0.15, 0.2) is 0 Å². The third-order valence-corrected chi connectivity index (χ3v) is 4.30. The van der Waals surface area contributed by atoms with Crippen LogP contribution in [0.5, 0.6) is 0 Å². The molecule has 6 heteroatoms. The smallest absolute Gasteiger partial charge is 0.434 e. The van der Waals surface area contributed by atoms with Gasteiger partial charge in [0, 0.05) is 21.7 Å². The van der Waals surface area contributed by atoms with Gasteiger partial charge < -0.3 is 9.47 Å². The van der Waals surface area contributed by atoms with Crippen LogP contribution in [0.4, 0.5) is 9.18 Å². The lowest BCUT2D eigenvalue weighted by Gasteiger charge is -2.14. The summed E-state index contributed by atoms with van der Waals surface area (Å²) in [4.78, 5) is 16.5. The van der Waals surface area contributed by atoms with Gasteiger partial charge in [0.05, 0.1) is 18.9 Å². The molecule has 4 nitrogen and oxygen atoms in total. The molecule has 1 aliphatic rings. The molecule has 0 amide bonds. The van der Waals surface area contributed by atoms with E-state index in [-0.39, 0.29) is 12.4 Å². The van der Waals surface area contributed by atoms with E-state index in [0.29, 0.717) is 39.8 Å². The van der Waals surface area contributed by atoms with Crippen molar-refractivity contribution in [2.45, 2.75) is 19.8 Å². The van der Waals surface area contributed by atoms with Gasteiger partial charge in [-0.05, 0) is 42.8 Å². The molecule has 2 aromatic rings. The van der Waals surface area contributed by atoms with Gasteiger partial charge in [-0.25, -0.2) is 9.18 Å². The van der Waals surface area contributed by atoms with Crippen LogP contribution in [0, 0.1) is 5.82 Å². The monoisotopic (exact) mass is 387 g/mol.